The maximum Gasteiger partial charge on any atom is 0.0640 e. The Morgan fingerprint density at radius 1 is 1.37 bits per heavy atom. The smallest absolute Gasteiger partial charge is 0.0640 e. The van der Waals surface area contributed by atoms with Crippen molar-refractivity contribution in [3.05, 3.63) is 18.0 Å². The molecule has 0 radical (unpaired) electrons. The fourth-order valence-electron chi connectivity index (χ4n) is 3.43. The van der Waals surface area contributed by atoms with Gasteiger partial charge in [0.05, 0.1) is 5.69 Å². The number of nitrogens with two attached hydrogens (primary N) is 1. The summed E-state index contributed by atoms with van der Waals surface area (Å²) >= 11 is 0. The molecular formula is C16H29N3. The van der Waals surface area contributed by atoms with Crippen LogP contribution in [0.25, 0.3) is 0 Å². The Labute approximate surface area is 117 Å². The van der Waals surface area contributed by atoms with Gasteiger partial charge in [-0.3, -0.25) is 4.68 Å². The molecule has 0 aromatic carbocycles. The molecule has 2 atom stereocenters. The number of hydrogen-bond donors (Lipinski definition) is 1. The lowest BCUT2D eigenvalue weighted by molar-refractivity contribution is 0.217. The van der Waals surface area contributed by atoms with Crippen LogP contribution in [-0.2, 0) is 6.42 Å². The Balaban J connectivity index is 2.02. The van der Waals surface area contributed by atoms with Crippen molar-refractivity contribution in [1.29, 1.82) is 0 Å². The minimum Gasteiger partial charge on any atom is -0.327 e. The maximum atomic E-state index is 6.53. The van der Waals surface area contributed by atoms with Gasteiger partial charge in [0, 0.05) is 24.7 Å². The fourth-order valence-corrected chi connectivity index (χ4v) is 3.43. The van der Waals surface area contributed by atoms with Gasteiger partial charge in [-0.05, 0) is 44.1 Å². The molecule has 1 saturated carbocycles. The number of aromatic nitrogens is 2. The molecule has 3 nitrogen and oxygen atoms in total. The molecule has 1 fully saturated rings. The van der Waals surface area contributed by atoms with Crippen molar-refractivity contribution in [2.75, 3.05) is 0 Å². The summed E-state index contributed by atoms with van der Waals surface area (Å²) in [5.74, 6) is 0. The highest BCUT2D eigenvalue weighted by Gasteiger charge is 2.37. The zero-order chi connectivity index (χ0) is 13.9. The van der Waals surface area contributed by atoms with Crippen LogP contribution in [0.5, 0.6) is 0 Å². The van der Waals surface area contributed by atoms with E-state index in [1.807, 2.05) is 0 Å². The van der Waals surface area contributed by atoms with Crippen LogP contribution < -0.4 is 5.73 Å². The lowest BCUT2D eigenvalue weighted by atomic mass is 9.75. The van der Waals surface area contributed by atoms with Gasteiger partial charge in [0.15, 0.2) is 0 Å². The van der Waals surface area contributed by atoms with Crippen molar-refractivity contribution in [1.82, 2.24) is 9.78 Å². The quantitative estimate of drug-likeness (QED) is 0.850. The third-order valence-electron chi connectivity index (χ3n) is 5.23. The van der Waals surface area contributed by atoms with E-state index in [1.54, 1.807) is 0 Å². The van der Waals surface area contributed by atoms with E-state index < -0.39 is 0 Å². The highest BCUT2D eigenvalue weighted by molar-refractivity contribution is 5.05. The van der Waals surface area contributed by atoms with Crippen LogP contribution in [0.1, 0.15) is 71.0 Å². The molecule has 1 aromatic heterocycles. The van der Waals surface area contributed by atoms with Crippen molar-refractivity contribution in [3.63, 3.8) is 0 Å². The van der Waals surface area contributed by atoms with Gasteiger partial charge in [0.2, 0.25) is 0 Å². The van der Waals surface area contributed by atoms with E-state index in [4.69, 9.17) is 10.8 Å². The molecule has 0 spiro atoms. The highest BCUT2D eigenvalue weighted by Crippen LogP contribution is 2.43. The molecule has 1 aliphatic carbocycles. The van der Waals surface area contributed by atoms with Crippen LogP contribution in [0, 0.1) is 5.41 Å². The van der Waals surface area contributed by atoms with Crippen LogP contribution in [0.3, 0.4) is 0 Å². The lowest BCUT2D eigenvalue weighted by Crippen LogP contribution is -2.41. The zero-order valence-electron chi connectivity index (χ0n) is 12.7. The van der Waals surface area contributed by atoms with Crippen LogP contribution >= 0.6 is 0 Å². The Morgan fingerprint density at radius 2 is 2.05 bits per heavy atom. The first-order valence-electron chi connectivity index (χ1n) is 7.91. The molecule has 2 rings (SSSR count). The van der Waals surface area contributed by atoms with Crippen molar-refractivity contribution in [2.45, 2.75) is 77.8 Å². The SMILES string of the molecule is CCC(C)n1ccc(CC(N)C2(CC)CCCC2)n1. The van der Waals surface area contributed by atoms with Crippen LogP contribution in [0.4, 0.5) is 0 Å². The molecule has 3 heteroatoms. The van der Waals surface area contributed by atoms with E-state index in [0.29, 0.717) is 11.5 Å². The zero-order valence-corrected chi connectivity index (χ0v) is 12.7. The van der Waals surface area contributed by atoms with Gasteiger partial charge < -0.3 is 5.73 Å². The molecule has 108 valence electrons. The molecule has 2 N–H and O–H groups in total. The maximum absolute atomic E-state index is 6.53. The molecule has 1 aliphatic rings. The number of hydrogen-bond acceptors (Lipinski definition) is 2. The first-order valence-corrected chi connectivity index (χ1v) is 7.91. The monoisotopic (exact) mass is 263 g/mol. The van der Waals surface area contributed by atoms with Crippen LogP contribution in [-0.4, -0.2) is 15.8 Å². The van der Waals surface area contributed by atoms with Crippen molar-refractivity contribution in [3.8, 4) is 0 Å². The lowest BCUT2D eigenvalue weighted by Gasteiger charge is -2.34. The Hall–Kier alpha value is -0.830. The normalized spacial score (nSPS) is 21.5. The van der Waals surface area contributed by atoms with Crippen LogP contribution in [0.15, 0.2) is 12.3 Å². The highest BCUT2D eigenvalue weighted by atomic mass is 15.3. The van der Waals surface area contributed by atoms with E-state index in [9.17, 15) is 0 Å². The summed E-state index contributed by atoms with van der Waals surface area (Å²) in [7, 11) is 0. The molecule has 19 heavy (non-hydrogen) atoms. The Kier molecular flexibility index (Phi) is 4.67. The molecule has 0 bridgehead atoms. The van der Waals surface area contributed by atoms with E-state index in [1.165, 1.54) is 32.1 Å². The second-order valence-corrected chi connectivity index (χ2v) is 6.28. The summed E-state index contributed by atoms with van der Waals surface area (Å²) in [6.45, 7) is 6.70. The average Bonchev–Trinajstić information content (AvgIpc) is 3.07. The van der Waals surface area contributed by atoms with Gasteiger partial charge >= 0.3 is 0 Å². The predicted octanol–water partition coefficient (Wildman–Crippen LogP) is 3.69. The topological polar surface area (TPSA) is 43.8 Å². The second-order valence-electron chi connectivity index (χ2n) is 6.28. The molecule has 0 saturated heterocycles. The van der Waals surface area contributed by atoms with Crippen molar-refractivity contribution in [2.24, 2.45) is 11.1 Å². The van der Waals surface area contributed by atoms with Gasteiger partial charge in [-0.1, -0.05) is 26.7 Å². The summed E-state index contributed by atoms with van der Waals surface area (Å²) in [6, 6.07) is 2.89. The summed E-state index contributed by atoms with van der Waals surface area (Å²) < 4.78 is 2.08. The first-order chi connectivity index (χ1) is 9.11. The second kappa shape index (κ2) is 6.08. The minimum absolute atomic E-state index is 0.264. The molecule has 0 aliphatic heterocycles. The first kappa shape index (κ1) is 14.6. The Bertz CT molecular complexity index is 390. The van der Waals surface area contributed by atoms with Gasteiger partial charge in [0.1, 0.15) is 0 Å². The van der Waals surface area contributed by atoms with Gasteiger partial charge in [-0.2, -0.15) is 5.10 Å². The number of rotatable bonds is 6. The summed E-state index contributed by atoms with van der Waals surface area (Å²) in [5.41, 5.74) is 8.06. The van der Waals surface area contributed by atoms with E-state index >= 15 is 0 Å². The van der Waals surface area contributed by atoms with E-state index in [-0.39, 0.29) is 6.04 Å². The van der Waals surface area contributed by atoms with Gasteiger partial charge in [0.25, 0.3) is 0 Å². The predicted molar refractivity (Wildman–Crippen MR) is 80.1 cm³/mol. The number of nitrogens with zero attached hydrogens (tertiary/aromatic N) is 2. The molecule has 2 unspecified atom stereocenters. The van der Waals surface area contributed by atoms with Gasteiger partial charge in [-0.25, -0.2) is 0 Å². The van der Waals surface area contributed by atoms with Gasteiger partial charge in [-0.15, -0.1) is 0 Å². The van der Waals surface area contributed by atoms with E-state index in [2.05, 4.69) is 37.7 Å². The summed E-state index contributed by atoms with van der Waals surface area (Å²) in [6.07, 6.45) is 10.7. The fraction of sp³-hybridized carbons (Fsp3) is 0.812. The summed E-state index contributed by atoms with van der Waals surface area (Å²) in [5, 5.41) is 4.69. The molecular weight excluding hydrogens is 234 g/mol. The Morgan fingerprint density at radius 3 is 2.63 bits per heavy atom. The minimum atomic E-state index is 0.264. The largest absolute Gasteiger partial charge is 0.327 e. The third-order valence-corrected chi connectivity index (χ3v) is 5.23. The third kappa shape index (κ3) is 3.02. The van der Waals surface area contributed by atoms with Crippen LogP contribution in [0.2, 0.25) is 0 Å². The van der Waals surface area contributed by atoms with Crippen molar-refractivity contribution < 1.29 is 0 Å². The average molecular weight is 263 g/mol. The molecule has 0 amide bonds. The molecule has 1 aromatic rings. The molecule has 1 heterocycles. The standard InChI is InChI=1S/C16H29N3/c1-4-13(3)19-11-8-14(18-19)12-15(17)16(5-2)9-6-7-10-16/h8,11,13,15H,4-7,9-10,12,17H2,1-3H3. The van der Waals surface area contributed by atoms with Crippen molar-refractivity contribution >= 4 is 0 Å². The summed E-state index contributed by atoms with van der Waals surface area (Å²) in [4.78, 5) is 0. The van der Waals surface area contributed by atoms with E-state index in [0.717, 1.165) is 18.5 Å².